The van der Waals surface area contributed by atoms with Crippen molar-refractivity contribution in [2.75, 3.05) is 12.3 Å². The van der Waals surface area contributed by atoms with Gasteiger partial charge < -0.3 is 21.3 Å². The first-order chi connectivity index (χ1) is 13.1. The molecule has 1 aromatic carbocycles. The number of aliphatic hydroxyl groups is 1. The van der Waals surface area contributed by atoms with Crippen LogP contribution in [0.4, 0.5) is 11.5 Å². The number of aliphatic imine (C=N–C) groups is 1. The topological polar surface area (TPSA) is 129 Å². The Morgan fingerprint density at radius 1 is 1.46 bits per heavy atom. The normalized spacial score (nSPS) is 12.1. The Hall–Kier alpha value is -3.13. The Bertz CT molecular complexity index is 923. The fourth-order valence-electron chi connectivity index (χ4n) is 2.82. The number of aromatic nitrogens is 2. The minimum absolute atomic E-state index is 0.117. The lowest BCUT2D eigenvalue weighted by molar-refractivity contribution is 0.0583. The van der Waals surface area contributed by atoms with Gasteiger partial charge in [0.1, 0.15) is 22.8 Å². The molecule has 0 unspecified atom stereocenters. The Balaban J connectivity index is 2.54. The average Bonchev–Trinajstić information content (AvgIpc) is 2.91. The molecule has 0 fully saturated rings. The second-order valence-electron chi connectivity index (χ2n) is 7.08. The number of hydrogen-bond acceptors (Lipinski definition) is 6. The molecule has 0 atom stereocenters. The number of benzene rings is 1. The van der Waals surface area contributed by atoms with E-state index in [0.29, 0.717) is 29.3 Å². The summed E-state index contributed by atoms with van der Waals surface area (Å²) >= 11 is 0. The van der Waals surface area contributed by atoms with Crippen LogP contribution < -0.4 is 16.2 Å². The number of nitrogens with zero attached hydrogens (tertiary/aromatic N) is 3. The van der Waals surface area contributed by atoms with Gasteiger partial charge in [-0.05, 0) is 58.2 Å². The van der Waals surface area contributed by atoms with Crippen molar-refractivity contribution in [3.05, 3.63) is 35.0 Å². The van der Waals surface area contributed by atoms with Crippen LogP contribution in [0.3, 0.4) is 0 Å². The predicted molar refractivity (Wildman–Crippen MR) is 112 cm³/mol. The Labute approximate surface area is 164 Å². The fraction of sp³-hybridized carbons (Fsp3) is 0.350. The fourth-order valence-corrected chi connectivity index (χ4v) is 2.82. The molecule has 0 saturated heterocycles. The zero-order valence-corrected chi connectivity index (χ0v) is 16.7. The van der Waals surface area contributed by atoms with E-state index in [1.54, 1.807) is 26.8 Å². The van der Waals surface area contributed by atoms with Gasteiger partial charge in [-0.3, -0.25) is 9.79 Å². The van der Waals surface area contributed by atoms with Crippen molar-refractivity contribution in [1.82, 2.24) is 9.78 Å². The lowest BCUT2D eigenvalue weighted by Crippen LogP contribution is -2.27. The van der Waals surface area contributed by atoms with Gasteiger partial charge in [-0.1, -0.05) is 0 Å². The molecule has 2 rings (SSSR count). The van der Waals surface area contributed by atoms with Crippen LogP contribution in [0.5, 0.6) is 5.75 Å². The van der Waals surface area contributed by atoms with Gasteiger partial charge in [0, 0.05) is 11.6 Å². The summed E-state index contributed by atoms with van der Waals surface area (Å²) in [5.41, 5.74) is 13.1. The maximum Gasteiger partial charge on any atom is 0.254 e. The zero-order chi connectivity index (χ0) is 21.1. The minimum atomic E-state index is -1.06. The summed E-state index contributed by atoms with van der Waals surface area (Å²) in [7, 11) is 0. The number of nitrogens with two attached hydrogens (primary N) is 2. The molecule has 0 aliphatic rings. The van der Waals surface area contributed by atoms with Gasteiger partial charge in [0.25, 0.3) is 5.91 Å². The highest BCUT2D eigenvalue weighted by Gasteiger charge is 2.24. The van der Waals surface area contributed by atoms with E-state index in [0.717, 1.165) is 5.56 Å². The first kappa shape index (κ1) is 21.2. The highest BCUT2D eigenvalue weighted by Crippen LogP contribution is 2.31. The van der Waals surface area contributed by atoms with Crippen molar-refractivity contribution in [2.24, 2.45) is 10.7 Å². The van der Waals surface area contributed by atoms with Gasteiger partial charge >= 0.3 is 0 Å². The third-order valence-electron chi connectivity index (χ3n) is 4.00. The number of allylic oxidation sites excluding steroid dienone is 1. The molecule has 0 bridgehead atoms. The lowest BCUT2D eigenvalue weighted by atomic mass is 10.0. The minimum Gasteiger partial charge on any atom is -0.494 e. The van der Waals surface area contributed by atoms with E-state index in [2.05, 4.69) is 16.8 Å². The van der Waals surface area contributed by atoms with Crippen LogP contribution in [0.1, 0.15) is 49.3 Å². The SMILES string of the molecule is C=Nc1cc(OCC)ccc1C=C(C)c1nn(CC(C)(C)O)c(N)c1C(N)=O. The van der Waals surface area contributed by atoms with E-state index in [4.69, 9.17) is 16.2 Å². The largest absolute Gasteiger partial charge is 0.494 e. The summed E-state index contributed by atoms with van der Waals surface area (Å²) in [4.78, 5) is 16.0. The number of carbonyl (C=O) groups is 1. The molecule has 1 heterocycles. The molecule has 0 spiro atoms. The number of rotatable bonds is 8. The third-order valence-corrected chi connectivity index (χ3v) is 4.00. The van der Waals surface area contributed by atoms with E-state index in [-0.39, 0.29) is 17.9 Å². The predicted octanol–water partition coefficient (Wildman–Crippen LogP) is 2.63. The number of anilines is 1. The standard InChI is InChI=1S/C20H27N5O3/c1-6-28-14-8-7-13(15(10-14)23-5)9-12(2)17-16(19(22)26)18(21)25(24-17)11-20(3,4)27/h7-10,27H,5-6,11,21H2,1-4H3,(H2,22,26). The maximum absolute atomic E-state index is 12.0. The molecule has 0 aliphatic carbocycles. The summed E-state index contributed by atoms with van der Waals surface area (Å²) in [6.45, 7) is 11.2. The quantitative estimate of drug-likeness (QED) is 0.602. The maximum atomic E-state index is 12.0. The summed E-state index contributed by atoms with van der Waals surface area (Å²) in [5.74, 6) is 0.123. The Morgan fingerprint density at radius 2 is 2.14 bits per heavy atom. The number of nitrogen functional groups attached to an aromatic ring is 1. The second-order valence-corrected chi connectivity index (χ2v) is 7.08. The van der Waals surface area contributed by atoms with Crippen LogP contribution in [0.25, 0.3) is 11.6 Å². The van der Waals surface area contributed by atoms with Crippen LogP contribution in [-0.4, -0.2) is 39.7 Å². The molecule has 1 amide bonds. The van der Waals surface area contributed by atoms with E-state index in [9.17, 15) is 9.90 Å². The van der Waals surface area contributed by atoms with Crippen molar-refractivity contribution in [1.29, 1.82) is 0 Å². The van der Waals surface area contributed by atoms with Gasteiger partial charge in [-0.2, -0.15) is 5.10 Å². The molecule has 2 aromatic rings. The number of ether oxygens (including phenoxy) is 1. The number of hydrogen-bond donors (Lipinski definition) is 3. The number of carbonyl (C=O) groups excluding carboxylic acids is 1. The van der Waals surface area contributed by atoms with Crippen molar-refractivity contribution < 1.29 is 14.6 Å². The zero-order valence-electron chi connectivity index (χ0n) is 16.7. The molecule has 8 heteroatoms. The molecule has 150 valence electrons. The van der Waals surface area contributed by atoms with Crippen molar-refractivity contribution in [3.8, 4) is 5.75 Å². The Morgan fingerprint density at radius 3 is 2.68 bits per heavy atom. The molecule has 0 saturated carbocycles. The highest BCUT2D eigenvalue weighted by molar-refractivity contribution is 6.03. The molecule has 28 heavy (non-hydrogen) atoms. The molecule has 8 nitrogen and oxygen atoms in total. The van der Waals surface area contributed by atoms with Crippen molar-refractivity contribution in [2.45, 2.75) is 39.8 Å². The third kappa shape index (κ3) is 4.77. The van der Waals surface area contributed by atoms with Crippen molar-refractivity contribution in [3.63, 3.8) is 0 Å². The lowest BCUT2D eigenvalue weighted by Gasteiger charge is -2.17. The number of amides is 1. The molecule has 5 N–H and O–H groups in total. The van der Waals surface area contributed by atoms with Crippen LogP contribution >= 0.6 is 0 Å². The second kappa shape index (κ2) is 8.26. The van der Waals surface area contributed by atoms with E-state index < -0.39 is 11.5 Å². The first-order valence-corrected chi connectivity index (χ1v) is 8.88. The first-order valence-electron chi connectivity index (χ1n) is 8.88. The van der Waals surface area contributed by atoms with E-state index in [1.807, 2.05) is 25.1 Å². The Kier molecular flexibility index (Phi) is 6.25. The highest BCUT2D eigenvalue weighted by atomic mass is 16.5. The smallest absolute Gasteiger partial charge is 0.254 e. The summed E-state index contributed by atoms with van der Waals surface area (Å²) in [6.07, 6.45) is 1.82. The van der Waals surface area contributed by atoms with Crippen LogP contribution in [0.2, 0.25) is 0 Å². The molecule has 0 radical (unpaired) electrons. The molecular formula is C20H27N5O3. The monoisotopic (exact) mass is 385 g/mol. The van der Waals surface area contributed by atoms with Gasteiger partial charge in [0.05, 0.1) is 24.4 Å². The average molecular weight is 385 g/mol. The molecular weight excluding hydrogens is 358 g/mol. The summed E-state index contributed by atoms with van der Waals surface area (Å²) < 4.78 is 6.87. The van der Waals surface area contributed by atoms with Gasteiger partial charge in [-0.25, -0.2) is 4.68 Å². The molecule has 1 aromatic heterocycles. The van der Waals surface area contributed by atoms with Crippen LogP contribution in [0, 0.1) is 0 Å². The van der Waals surface area contributed by atoms with Gasteiger partial charge in [-0.15, -0.1) is 0 Å². The van der Waals surface area contributed by atoms with Crippen molar-refractivity contribution >= 4 is 35.8 Å². The van der Waals surface area contributed by atoms with Crippen LogP contribution in [-0.2, 0) is 6.54 Å². The van der Waals surface area contributed by atoms with Gasteiger partial charge in [0.15, 0.2) is 0 Å². The molecule has 0 aliphatic heterocycles. The van der Waals surface area contributed by atoms with Gasteiger partial charge in [0.2, 0.25) is 0 Å². The van der Waals surface area contributed by atoms with Crippen LogP contribution in [0.15, 0.2) is 23.2 Å². The summed E-state index contributed by atoms with van der Waals surface area (Å²) in [5, 5.41) is 14.5. The van der Waals surface area contributed by atoms with E-state index in [1.165, 1.54) is 4.68 Å². The number of primary amides is 1. The van der Waals surface area contributed by atoms with E-state index >= 15 is 0 Å². The summed E-state index contributed by atoms with van der Waals surface area (Å²) in [6, 6.07) is 5.46.